The van der Waals surface area contributed by atoms with Crippen molar-refractivity contribution in [3.8, 4) is 11.5 Å². The zero-order valence-electron chi connectivity index (χ0n) is 14.8. The number of carboxylic acids is 1. The van der Waals surface area contributed by atoms with Gasteiger partial charge in [0.25, 0.3) is 5.17 Å². The molecule has 0 saturated carbocycles. The van der Waals surface area contributed by atoms with Crippen LogP contribution >= 0.6 is 44.1 Å². The van der Waals surface area contributed by atoms with E-state index in [9.17, 15) is 9.90 Å². The molecular formula is C19H17Br2NO4S. The molecule has 0 radical (unpaired) electrons. The standard InChI is InChI=1S/C19H17Br2NO4S/c1-22(2)19(27)26-17-14(20)9-11(10-15(17)21)8-13(18(23)24)12-6-4-5-7-16(12)25-3/h4-10H,1-3H3,(H,23,24)/b13-8+. The van der Waals surface area contributed by atoms with Crippen LogP contribution in [0.25, 0.3) is 11.6 Å². The molecule has 0 amide bonds. The molecule has 0 bridgehead atoms. The lowest BCUT2D eigenvalue weighted by Crippen LogP contribution is -2.25. The van der Waals surface area contributed by atoms with Crippen LogP contribution in [0.15, 0.2) is 45.3 Å². The second-order valence-corrected chi connectivity index (χ2v) is 7.70. The van der Waals surface area contributed by atoms with Crippen LogP contribution in [0.1, 0.15) is 11.1 Å². The number of thiocarbonyl (C=S) groups is 1. The third-order valence-corrected chi connectivity index (χ3v) is 5.14. The number of hydrogen-bond donors (Lipinski definition) is 1. The van der Waals surface area contributed by atoms with Crippen molar-refractivity contribution in [3.05, 3.63) is 56.5 Å². The van der Waals surface area contributed by atoms with E-state index in [1.807, 2.05) is 0 Å². The summed E-state index contributed by atoms with van der Waals surface area (Å²) in [5.41, 5.74) is 1.28. The van der Waals surface area contributed by atoms with Crippen molar-refractivity contribution < 1.29 is 19.4 Å². The molecule has 0 saturated heterocycles. The van der Waals surface area contributed by atoms with Crippen LogP contribution in [0.5, 0.6) is 11.5 Å². The highest BCUT2D eigenvalue weighted by Gasteiger charge is 2.17. The normalized spacial score (nSPS) is 11.1. The van der Waals surface area contributed by atoms with Crippen LogP contribution in [0.2, 0.25) is 0 Å². The minimum atomic E-state index is -1.05. The number of carbonyl (C=O) groups is 1. The summed E-state index contributed by atoms with van der Waals surface area (Å²) in [6, 6.07) is 10.5. The molecule has 1 N–H and O–H groups in total. The van der Waals surface area contributed by atoms with E-state index < -0.39 is 5.97 Å². The molecule has 2 rings (SSSR count). The number of methoxy groups -OCH3 is 1. The molecule has 0 unspecified atom stereocenters. The van der Waals surface area contributed by atoms with Crippen molar-refractivity contribution in [1.29, 1.82) is 0 Å². The van der Waals surface area contributed by atoms with Crippen molar-refractivity contribution in [1.82, 2.24) is 4.90 Å². The zero-order valence-corrected chi connectivity index (χ0v) is 18.8. The molecule has 0 spiro atoms. The molecule has 27 heavy (non-hydrogen) atoms. The van der Waals surface area contributed by atoms with Gasteiger partial charge >= 0.3 is 5.97 Å². The van der Waals surface area contributed by atoms with E-state index in [1.54, 1.807) is 61.5 Å². The van der Waals surface area contributed by atoms with Gasteiger partial charge < -0.3 is 19.5 Å². The van der Waals surface area contributed by atoms with E-state index in [2.05, 4.69) is 31.9 Å². The summed E-state index contributed by atoms with van der Waals surface area (Å²) in [4.78, 5) is 13.5. The highest BCUT2D eigenvalue weighted by atomic mass is 79.9. The number of halogens is 2. The van der Waals surface area contributed by atoms with Gasteiger partial charge in [-0.05, 0) is 73.9 Å². The minimum absolute atomic E-state index is 0.115. The van der Waals surface area contributed by atoms with Crippen molar-refractivity contribution >= 4 is 66.9 Å². The number of nitrogens with zero attached hydrogens (tertiary/aromatic N) is 1. The summed E-state index contributed by atoms with van der Waals surface area (Å²) < 4.78 is 12.2. The largest absolute Gasteiger partial charge is 0.496 e. The Morgan fingerprint density at radius 2 is 1.78 bits per heavy atom. The topological polar surface area (TPSA) is 59.0 Å². The number of aliphatic carboxylic acids is 1. The van der Waals surface area contributed by atoms with Crippen LogP contribution < -0.4 is 9.47 Å². The van der Waals surface area contributed by atoms with Crippen molar-refractivity contribution in [2.24, 2.45) is 0 Å². The van der Waals surface area contributed by atoms with E-state index in [-0.39, 0.29) is 5.57 Å². The summed E-state index contributed by atoms with van der Waals surface area (Å²) in [6.07, 6.45) is 1.57. The predicted octanol–water partition coefficient (Wildman–Crippen LogP) is 5.07. The molecular weight excluding hydrogens is 498 g/mol. The lowest BCUT2D eigenvalue weighted by molar-refractivity contribution is -0.130. The summed E-state index contributed by atoms with van der Waals surface area (Å²) in [6.45, 7) is 0. The second kappa shape index (κ2) is 9.34. The van der Waals surface area contributed by atoms with Gasteiger partial charge in [0.05, 0.1) is 21.6 Å². The zero-order chi connectivity index (χ0) is 20.1. The fourth-order valence-electron chi connectivity index (χ4n) is 2.23. The van der Waals surface area contributed by atoms with Gasteiger partial charge in [-0.25, -0.2) is 4.79 Å². The number of ether oxygens (including phenoxy) is 2. The van der Waals surface area contributed by atoms with Crippen molar-refractivity contribution in [2.45, 2.75) is 0 Å². The van der Waals surface area contributed by atoms with Crippen LogP contribution in [0, 0.1) is 0 Å². The number of rotatable bonds is 5. The molecule has 0 aliphatic carbocycles. The molecule has 0 aliphatic rings. The first-order chi connectivity index (χ1) is 12.7. The van der Waals surface area contributed by atoms with E-state index >= 15 is 0 Å². The fraction of sp³-hybridized carbons (Fsp3) is 0.158. The average Bonchev–Trinajstić information content (AvgIpc) is 2.62. The van der Waals surface area contributed by atoms with Crippen LogP contribution in [-0.4, -0.2) is 42.4 Å². The molecule has 2 aromatic rings. The summed E-state index contributed by atoms with van der Waals surface area (Å²) >= 11 is 12.1. The Labute approximate surface area is 179 Å². The Bertz CT molecular complexity index is 889. The quantitative estimate of drug-likeness (QED) is 0.341. The predicted molar refractivity (Wildman–Crippen MR) is 117 cm³/mol. The maximum absolute atomic E-state index is 11.8. The van der Waals surface area contributed by atoms with Gasteiger partial charge in [-0.2, -0.15) is 0 Å². The third kappa shape index (κ3) is 5.31. The van der Waals surface area contributed by atoms with Gasteiger partial charge in [-0.15, -0.1) is 0 Å². The highest BCUT2D eigenvalue weighted by Crippen LogP contribution is 2.37. The van der Waals surface area contributed by atoms with Gasteiger partial charge in [0.2, 0.25) is 0 Å². The van der Waals surface area contributed by atoms with Gasteiger partial charge in [0, 0.05) is 19.7 Å². The molecule has 2 aromatic carbocycles. The maximum atomic E-state index is 11.8. The average molecular weight is 515 g/mol. The molecule has 5 nitrogen and oxygen atoms in total. The minimum Gasteiger partial charge on any atom is -0.496 e. The Morgan fingerprint density at radius 1 is 1.19 bits per heavy atom. The SMILES string of the molecule is COc1ccccc1/C(=C\c1cc(Br)c(OC(=S)N(C)C)c(Br)c1)C(=O)O. The number of para-hydroxylation sites is 1. The Kier molecular flexibility index (Phi) is 7.41. The monoisotopic (exact) mass is 513 g/mol. The summed E-state index contributed by atoms with van der Waals surface area (Å²) in [5.74, 6) is -0.0542. The van der Waals surface area contributed by atoms with Gasteiger partial charge in [-0.3, -0.25) is 0 Å². The van der Waals surface area contributed by atoms with Crippen molar-refractivity contribution in [3.63, 3.8) is 0 Å². The van der Waals surface area contributed by atoms with Crippen molar-refractivity contribution in [2.75, 3.05) is 21.2 Å². The van der Waals surface area contributed by atoms with E-state index in [0.717, 1.165) is 0 Å². The summed E-state index contributed by atoms with van der Waals surface area (Å²) in [5, 5.41) is 9.99. The van der Waals surface area contributed by atoms with E-state index in [0.29, 0.717) is 36.7 Å². The molecule has 0 heterocycles. The molecule has 0 fully saturated rings. The molecule has 0 aliphatic heterocycles. The molecule has 0 aromatic heterocycles. The van der Waals surface area contributed by atoms with Crippen LogP contribution in [-0.2, 0) is 4.79 Å². The first-order valence-electron chi connectivity index (χ1n) is 7.71. The lowest BCUT2D eigenvalue weighted by atomic mass is 10.0. The lowest BCUT2D eigenvalue weighted by Gasteiger charge is -2.16. The highest BCUT2D eigenvalue weighted by molar-refractivity contribution is 9.11. The van der Waals surface area contributed by atoms with E-state index in [1.165, 1.54) is 7.11 Å². The molecule has 142 valence electrons. The number of hydrogen-bond acceptors (Lipinski definition) is 4. The summed E-state index contributed by atoms with van der Waals surface area (Å²) in [7, 11) is 5.08. The van der Waals surface area contributed by atoms with E-state index in [4.69, 9.17) is 21.7 Å². The van der Waals surface area contributed by atoms with Crippen LogP contribution in [0.3, 0.4) is 0 Å². The first kappa shape index (κ1) is 21.4. The van der Waals surface area contributed by atoms with Gasteiger partial charge in [0.1, 0.15) is 5.75 Å². The van der Waals surface area contributed by atoms with Gasteiger partial charge in [0.15, 0.2) is 5.75 Å². The third-order valence-electron chi connectivity index (χ3n) is 3.51. The molecule has 8 heteroatoms. The first-order valence-corrected chi connectivity index (χ1v) is 9.70. The Hall–Kier alpha value is -1.90. The molecule has 0 atom stereocenters. The fourth-order valence-corrected chi connectivity index (χ4v) is 3.69. The smallest absolute Gasteiger partial charge is 0.336 e. The number of carboxylic acid groups (broad SMARTS) is 1. The second-order valence-electron chi connectivity index (χ2n) is 5.64. The maximum Gasteiger partial charge on any atom is 0.336 e. The van der Waals surface area contributed by atoms with Crippen LogP contribution in [0.4, 0.5) is 0 Å². The Morgan fingerprint density at radius 3 is 2.30 bits per heavy atom. The van der Waals surface area contributed by atoms with Gasteiger partial charge in [-0.1, -0.05) is 18.2 Å². The Balaban J connectivity index is 2.50. The number of benzene rings is 2.